The van der Waals surface area contributed by atoms with Gasteiger partial charge in [0.25, 0.3) is 0 Å². The van der Waals surface area contributed by atoms with E-state index in [0.29, 0.717) is 5.56 Å². The Balaban J connectivity index is 2.40. The molecule has 0 aromatic heterocycles. The number of methoxy groups -OCH3 is 1. The number of esters is 1. The first-order valence-corrected chi connectivity index (χ1v) is 6.98. The fourth-order valence-corrected chi connectivity index (χ4v) is 1.97. The van der Waals surface area contributed by atoms with Gasteiger partial charge in [-0.1, -0.05) is 6.07 Å². The number of carbonyl (C=O) groups is 1. The number of nitrogens with zero attached hydrogens (tertiary/aromatic N) is 1. The lowest BCUT2D eigenvalue weighted by Gasteiger charge is -2.13. The van der Waals surface area contributed by atoms with E-state index in [4.69, 9.17) is 4.74 Å². The van der Waals surface area contributed by atoms with Gasteiger partial charge in [0, 0.05) is 11.6 Å². The molecule has 0 spiro atoms. The van der Waals surface area contributed by atoms with Gasteiger partial charge >= 0.3 is 12.1 Å². The van der Waals surface area contributed by atoms with E-state index in [1.54, 1.807) is 0 Å². The van der Waals surface area contributed by atoms with Gasteiger partial charge in [0.2, 0.25) is 0 Å². The Morgan fingerprint density at radius 2 is 1.88 bits per heavy atom. The zero-order valence-electron chi connectivity index (χ0n) is 13.2. The van der Waals surface area contributed by atoms with Crippen LogP contribution in [0.25, 0.3) is 0 Å². The van der Waals surface area contributed by atoms with Crippen LogP contribution in [0, 0.1) is 12.7 Å². The molecule has 0 aliphatic carbocycles. The monoisotopic (exact) mass is 355 g/mol. The Kier molecular flexibility index (Phi) is 5.41. The molecule has 4 nitrogen and oxygen atoms in total. The Morgan fingerprint density at radius 3 is 2.52 bits per heavy atom. The highest BCUT2D eigenvalue weighted by molar-refractivity contribution is 5.92. The molecule has 132 valence electrons. The Hall–Kier alpha value is -2.90. The molecule has 0 unspecified atom stereocenters. The summed E-state index contributed by atoms with van der Waals surface area (Å²) in [5.74, 6) is -1.37. The van der Waals surface area contributed by atoms with Crippen molar-refractivity contribution in [3.63, 3.8) is 0 Å². The molecule has 0 aliphatic heterocycles. The molecule has 0 N–H and O–H groups in total. The number of alkyl halides is 3. The van der Waals surface area contributed by atoms with Crippen molar-refractivity contribution < 1.29 is 31.8 Å². The summed E-state index contributed by atoms with van der Waals surface area (Å²) in [7, 11) is 1.16. The van der Waals surface area contributed by atoms with Crippen molar-refractivity contribution in [2.24, 2.45) is 4.99 Å². The Morgan fingerprint density at radius 1 is 1.16 bits per heavy atom. The molecule has 0 bridgehead atoms. The van der Waals surface area contributed by atoms with Gasteiger partial charge in [-0.25, -0.2) is 9.18 Å². The van der Waals surface area contributed by atoms with Gasteiger partial charge in [-0.15, -0.1) is 0 Å². The first kappa shape index (κ1) is 18.4. The molecule has 0 saturated heterocycles. The number of carbonyl (C=O) groups excluding carboxylic acids is 1. The van der Waals surface area contributed by atoms with E-state index >= 15 is 0 Å². The van der Waals surface area contributed by atoms with Crippen molar-refractivity contribution in [2.75, 3.05) is 7.11 Å². The zero-order chi connectivity index (χ0) is 18.6. The second-order valence-electron chi connectivity index (χ2n) is 4.93. The molecule has 2 aromatic rings. The number of hydrogen-bond acceptors (Lipinski definition) is 4. The molecule has 8 heteroatoms. The van der Waals surface area contributed by atoms with Crippen LogP contribution in [0.3, 0.4) is 0 Å². The highest BCUT2D eigenvalue weighted by Gasteiger charge is 2.24. The summed E-state index contributed by atoms with van der Waals surface area (Å²) in [6, 6.07) is 7.51. The summed E-state index contributed by atoms with van der Waals surface area (Å²) in [5.41, 5.74) is 0.307. The molecule has 0 atom stereocenters. The molecule has 25 heavy (non-hydrogen) atoms. The molecule has 0 radical (unpaired) electrons. The van der Waals surface area contributed by atoms with Crippen LogP contribution in [0.4, 0.5) is 23.2 Å². The molecule has 0 fully saturated rings. The van der Waals surface area contributed by atoms with Gasteiger partial charge in [-0.3, -0.25) is 4.99 Å². The maximum absolute atomic E-state index is 13.5. The van der Waals surface area contributed by atoms with Gasteiger partial charge in [-0.2, -0.15) is 13.2 Å². The van der Waals surface area contributed by atoms with Crippen LogP contribution in [0.2, 0.25) is 0 Å². The summed E-state index contributed by atoms with van der Waals surface area (Å²) < 4.78 is 60.4. The minimum absolute atomic E-state index is 0.0208. The average Bonchev–Trinajstić information content (AvgIpc) is 2.54. The van der Waals surface area contributed by atoms with Crippen molar-refractivity contribution in [3.8, 4) is 11.5 Å². The van der Waals surface area contributed by atoms with E-state index in [2.05, 4.69) is 9.73 Å². The highest BCUT2D eigenvalue weighted by Crippen LogP contribution is 2.33. The lowest BCUT2D eigenvalue weighted by atomic mass is 10.1. The quantitative estimate of drug-likeness (QED) is 0.442. The van der Waals surface area contributed by atoms with E-state index in [0.717, 1.165) is 19.2 Å². The normalized spacial score (nSPS) is 11.6. The van der Waals surface area contributed by atoms with Crippen molar-refractivity contribution >= 4 is 17.9 Å². The van der Waals surface area contributed by atoms with E-state index in [1.807, 2.05) is 0 Å². The number of halogens is 4. The van der Waals surface area contributed by atoms with Crippen molar-refractivity contribution in [2.45, 2.75) is 13.1 Å². The van der Waals surface area contributed by atoms with E-state index < -0.39 is 18.0 Å². The van der Waals surface area contributed by atoms with Gasteiger partial charge in [0.05, 0.1) is 12.8 Å². The molecule has 2 aromatic carbocycles. The zero-order valence-corrected chi connectivity index (χ0v) is 13.2. The number of benzene rings is 2. The Bertz CT molecular complexity index is 816. The number of aliphatic imine (C=N–C) groups is 1. The van der Waals surface area contributed by atoms with Crippen LogP contribution in [-0.2, 0) is 4.74 Å². The van der Waals surface area contributed by atoms with Crippen LogP contribution in [0.15, 0.2) is 41.4 Å². The van der Waals surface area contributed by atoms with Gasteiger partial charge in [0.15, 0.2) is 0 Å². The minimum Gasteiger partial charge on any atom is -0.465 e. The third kappa shape index (κ3) is 4.79. The molecule has 0 saturated carbocycles. The minimum atomic E-state index is -4.55. The summed E-state index contributed by atoms with van der Waals surface area (Å²) in [5, 5.41) is 0. The predicted molar refractivity (Wildman–Crippen MR) is 83.2 cm³/mol. The molecule has 0 heterocycles. The highest BCUT2D eigenvalue weighted by atomic mass is 19.4. The maximum Gasteiger partial charge on any atom is 0.426 e. The van der Waals surface area contributed by atoms with Gasteiger partial charge < -0.3 is 9.47 Å². The van der Waals surface area contributed by atoms with Gasteiger partial charge in [0.1, 0.15) is 29.1 Å². The Labute approximate surface area is 140 Å². The van der Waals surface area contributed by atoms with E-state index in [-0.39, 0.29) is 29.0 Å². The third-order valence-corrected chi connectivity index (χ3v) is 3.17. The average molecular weight is 355 g/mol. The number of hydrogen-bond donors (Lipinski definition) is 0. The van der Waals surface area contributed by atoms with Crippen molar-refractivity contribution in [1.29, 1.82) is 0 Å². The van der Waals surface area contributed by atoms with E-state index in [9.17, 15) is 22.4 Å². The van der Waals surface area contributed by atoms with Gasteiger partial charge in [-0.05, 0) is 31.2 Å². The molecule has 0 aliphatic rings. The standard InChI is InChI=1S/C17H13F4NO3/c1-10-13(22-9-17(19,20)21)4-3-5-14(10)25-15-8-11(18)6-7-12(15)16(23)24-2/h3-9H,1-2H3. The molecular weight excluding hydrogens is 342 g/mol. The second kappa shape index (κ2) is 7.33. The molecular formula is C17H13F4NO3. The largest absolute Gasteiger partial charge is 0.465 e. The number of ether oxygens (including phenoxy) is 2. The van der Waals surface area contributed by atoms with Crippen molar-refractivity contribution in [3.05, 3.63) is 53.3 Å². The maximum atomic E-state index is 13.5. The SMILES string of the molecule is COC(=O)c1ccc(F)cc1Oc1cccc(N=CC(F)(F)F)c1C. The van der Waals surface area contributed by atoms with Crippen LogP contribution in [-0.4, -0.2) is 25.5 Å². The van der Waals surface area contributed by atoms with Crippen LogP contribution < -0.4 is 4.74 Å². The first-order valence-electron chi connectivity index (χ1n) is 6.98. The van der Waals surface area contributed by atoms with E-state index in [1.165, 1.54) is 31.2 Å². The first-order chi connectivity index (χ1) is 11.7. The summed E-state index contributed by atoms with van der Waals surface area (Å²) in [6.45, 7) is 1.50. The fraction of sp³-hybridized carbons (Fsp3) is 0.176. The third-order valence-electron chi connectivity index (χ3n) is 3.17. The summed E-state index contributed by atoms with van der Waals surface area (Å²) in [4.78, 5) is 15.1. The van der Waals surface area contributed by atoms with Crippen LogP contribution >= 0.6 is 0 Å². The summed E-state index contributed by atoms with van der Waals surface area (Å²) in [6.07, 6.45) is -4.69. The second-order valence-corrected chi connectivity index (χ2v) is 4.93. The number of rotatable bonds is 4. The van der Waals surface area contributed by atoms with Crippen molar-refractivity contribution in [1.82, 2.24) is 0 Å². The summed E-state index contributed by atoms with van der Waals surface area (Å²) >= 11 is 0. The molecule has 0 amide bonds. The van der Waals surface area contributed by atoms with Crippen LogP contribution in [0.5, 0.6) is 11.5 Å². The smallest absolute Gasteiger partial charge is 0.426 e. The van der Waals surface area contributed by atoms with Crippen LogP contribution in [0.1, 0.15) is 15.9 Å². The lowest BCUT2D eigenvalue weighted by Crippen LogP contribution is -2.08. The topological polar surface area (TPSA) is 47.9 Å². The predicted octanol–water partition coefficient (Wildman–Crippen LogP) is 4.98. The molecule has 2 rings (SSSR count). The fourth-order valence-electron chi connectivity index (χ4n) is 1.97. The lowest BCUT2D eigenvalue weighted by molar-refractivity contribution is -0.0535.